The number of rotatable bonds is 10. The molecular formula is C22H24N4O4. The lowest BCUT2D eigenvalue weighted by Crippen LogP contribution is -2.34. The van der Waals surface area contributed by atoms with E-state index in [0.717, 1.165) is 22.3 Å². The first-order valence-electron chi connectivity index (χ1n) is 9.94. The monoisotopic (exact) mass is 408 g/mol. The van der Waals surface area contributed by atoms with Crippen molar-refractivity contribution < 1.29 is 19.4 Å². The summed E-state index contributed by atoms with van der Waals surface area (Å²) in [6.45, 7) is 0.514. The zero-order valence-corrected chi connectivity index (χ0v) is 16.5. The summed E-state index contributed by atoms with van der Waals surface area (Å²) in [5.41, 5.74) is 12.8. The van der Waals surface area contributed by atoms with Crippen molar-refractivity contribution in [1.29, 1.82) is 0 Å². The van der Waals surface area contributed by atoms with Crippen LogP contribution in [0.15, 0.2) is 53.6 Å². The van der Waals surface area contributed by atoms with Crippen molar-refractivity contribution in [2.24, 2.45) is 11.0 Å². The predicted molar refractivity (Wildman–Crippen MR) is 112 cm³/mol. The highest BCUT2D eigenvalue weighted by molar-refractivity contribution is 5.79. The molecule has 156 valence electrons. The number of benzene rings is 2. The van der Waals surface area contributed by atoms with E-state index in [2.05, 4.69) is 27.5 Å². The van der Waals surface area contributed by atoms with Gasteiger partial charge in [0, 0.05) is 23.9 Å². The smallest absolute Gasteiger partial charge is 0.407 e. The number of carbonyl (C=O) groups excluding carboxylic acids is 1. The van der Waals surface area contributed by atoms with Crippen LogP contribution in [0.5, 0.6) is 0 Å². The molecule has 8 heteroatoms. The van der Waals surface area contributed by atoms with Gasteiger partial charge in [0.2, 0.25) is 0 Å². The molecule has 0 spiro atoms. The third-order valence-corrected chi connectivity index (χ3v) is 5.31. The molecule has 1 aliphatic rings. The van der Waals surface area contributed by atoms with Crippen LogP contribution in [0.25, 0.3) is 21.6 Å². The maximum absolute atomic E-state index is 12.2. The van der Waals surface area contributed by atoms with Crippen molar-refractivity contribution in [3.8, 4) is 11.1 Å². The first-order valence-corrected chi connectivity index (χ1v) is 9.94. The minimum absolute atomic E-state index is 0.00642. The minimum atomic E-state index is -0.974. The number of nitrogens with zero attached hydrogens (tertiary/aromatic N) is 3. The van der Waals surface area contributed by atoms with E-state index in [1.54, 1.807) is 0 Å². The molecule has 0 bridgehead atoms. The summed E-state index contributed by atoms with van der Waals surface area (Å²) in [5, 5.41) is 15.3. The number of ether oxygens (including phenoxy) is 1. The lowest BCUT2D eigenvalue weighted by Gasteiger charge is -2.16. The number of carboxylic acid groups (broad SMARTS) is 1. The molecule has 0 radical (unpaired) electrons. The van der Waals surface area contributed by atoms with Crippen LogP contribution in [0.1, 0.15) is 36.3 Å². The van der Waals surface area contributed by atoms with Gasteiger partial charge >= 0.3 is 12.1 Å². The molecule has 0 aliphatic heterocycles. The van der Waals surface area contributed by atoms with E-state index in [1.807, 2.05) is 36.4 Å². The standard InChI is InChI=1S/C22H24N4O4/c23-26-25-12-6-5-7-15(21(27)28)13-24-22(29)30-14-20-18-10-3-1-8-16(18)17-9-2-4-11-19(17)20/h1-4,8-11,15,20H,5-7,12-14H2,(H,24,29)(H,27,28)/t15-/m1/s1. The van der Waals surface area contributed by atoms with E-state index in [4.69, 9.17) is 10.3 Å². The van der Waals surface area contributed by atoms with Crippen LogP contribution in [-0.4, -0.2) is 36.9 Å². The van der Waals surface area contributed by atoms with Gasteiger partial charge in [-0.05, 0) is 40.6 Å². The molecule has 2 aromatic carbocycles. The fourth-order valence-electron chi connectivity index (χ4n) is 3.79. The lowest BCUT2D eigenvalue weighted by molar-refractivity contribution is -0.141. The Bertz CT molecular complexity index is 910. The number of nitrogens with one attached hydrogen (secondary N) is 1. The maximum atomic E-state index is 12.2. The van der Waals surface area contributed by atoms with Gasteiger partial charge in [-0.2, -0.15) is 0 Å². The number of amides is 1. The Labute approximate surface area is 174 Å². The molecular weight excluding hydrogens is 384 g/mol. The molecule has 0 saturated heterocycles. The Balaban J connectivity index is 1.52. The molecule has 1 amide bonds. The Morgan fingerprint density at radius 1 is 1.10 bits per heavy atom. The number of carbonyl (C=O) groups is 2. The molecule has 2 aromatic rings. The highest BCUT2D eigenvalue weighted by atomic mass is 16.5. The van der Waals surface area contributed by atoms with Gasteiger partial charge in [-0.1, -0.05) is 60.1 Å². The first kappa shape index (κ1) is 21.2. The lowest BCUT2D eigenvalue weighted by atomic mass is 9.98. The van der Waals surface area contributed by atoms with Gasteiger partial charge in [-0.25, -0.2) is 4.79 Å². The van der Waals surface area contributed by atoms with Crippen LogP contribution < -0.4 is 5.32 Å². The van der Waals surface area contributed by atoms with Crippen LogP contribution in [0, 0.1) is 5.92 Å². The maximum Gasteiger partial charge on any atom is 0.407 e. The second-order valence-corrected chi connectivity index (χ2v) is 7.19. The quantitative estimate of drug-likeness (QED) is 0.256. The number of hydrogen-bond acceptors (Lipinski definition) is 4. The average Bonchev–Trinajstić information content (AvgIpc) is 3.07. The first-order chi connectivity index (χ1) is 14.6. The highest BCUT2D eigenvalue weighted by Gasteiger charge is 2.29. The normalized spacial score (nSPS) is 12.9. The molecule has 8 nitrogen and oxygen atoms in total. The van der Waals surface area contributed by atoms with Crippen LogP contribution in [0.4, 0.5) is 4.79 Å². The van der Waals surface area contributed by atoms with Crippen molar-refractivity contribution in [2.45, 2.75) is 25.2 Å². The van der Waals surface area contributed by atoms with Crippen molar-refractivity contribution in [3.63, 3.8) is 0 Å². The van der Waals surface area contributed by atoms with E-state index in [9.17, 15) is 14.7 Å². The Hall–Kier alpha value is -3.51. The second-order valence-electron chi connectivity index (χ2n) is 7.19. The molecule has 1 aliphatic carbocycles. The van der Waals surface area contributed by atoms with E-state index < -0.39 is 18.0 Å². The number of aliphatic carboxylic acids is 1. The van der Waals surface area contributed by atoms with Crippen LogP contribution in [0.2, 0.25) is 0 Å². The van der Waals surface area contributed by atoms with Crippen molar-refractivity contribution in [3.05, 3.63) is 70.1 Å². The molecule has 3 rings (SSSR count). The van der Waals surface area contributed by atoms with Crippen molar-refractivity contribution in [2.75, 3.05) is 19.7 Å². The molecule has 0 unspecified atom stereocenters. The molecule has 2 N–H and O–H groups in total. The summed E-state index contributed by atoms with van der Waals surface area (Å²) in [6, 6.07) is 16.1. The SMILES string of the molecule is [N-]=[N+]=NCCCC[C@H](CNC(=O)OCC1c2ccccc2-c2ccccc21)C(=O)O. The number of carboxylic acids is 1. The fourth-order valence-corrected chi connectivity index (χ4v) is 3.79. The molecule has 0 heterocycles. The number of unbranched alkanes of at least 4 members (excludes halogenated alkanes) is 1. The van der Waals surface area contributed by atoms with Crippen molar-refractivity contribution in [1.82, 2.24) is 5.32 Å². The van der Waals surface area contributed by atoms with Crippen LogP contribution in [-0.2, 0) is 9.53 Å². The van der Waals surface area contributed by atoms with E-state index >= 15 is 0 Å². The number of hydrogen-bond donors (Lipinski definition) is 2. The summed E-state index contributed by atoms with van der Waals surface area (Å²) in [6.07, 6.45) is 0.971. The van der Waals surface area contributed by atoms with Crippen molar-refractivity contribution >= 4 is 12.1 Å². The topological polar surface area (TPSA) is 124 Å². The predicted octanol–water partition coefficient (Wildman–Crippen LogP) is 4.71. The second kappa shape index (κ2) is 10.3. The van der Waals surface area contributed by atoms with Gasteiger partial charge < -0.3 is 15.2 Å². The number of azide groups is 1. The number of fused-ring (bicyclic) bond motifs is 3. The Morgan fingerprint density at radius 2 is 1.73 bits per heavy atom. The molecule has 0 aromatic heterocycles. The van der Waals surface area contributed by atoms with Crippen LogP contribution in [0.3, 0.4) is 0 Å². The molecule has 0 fully saturated rings. The van der Waals surface area contributed by atoms with Gasteiger partial charge in [-0.3, -0.25) is 4.79 Å². The largest absolute Gasteiger partial charge is 0.481 e. The van der Waals surface area contributed by atoms with E-state index in [1.165, 1.54) is 0 Å². The van der Waals surface area contributed by atoms with Gasteiger partial charge in [0.25, 0.3) is 0 Å². The summed E-state index contributed by atoms with van der Waals surface area (Å²) < 4.78 is 5.43. The number of alkyl carbamates (subject to hydrolysis) is 1. The third-order valence-electron chi connectivity index (χ3n) is 5.31. The summed E-state index contributed by atoms with van der Waals surface area (Å²) >= 11 is 0. The van der Waals surface area contributed by atoms with Crippen LogP contribution >= 0.6 is 0 Å². The Morgan fingerprint density at radius 3 is 2.33 bits per heavy atom. The van der Waals surface area contributed by atoms with E-state index in [-0.39, 0.29) is 19.1 Å². The zero-order chi connectivity index (χ0) is 21.3. The molecule has 0 saturated carbocycles. The van der Waals surface area contributed by atoms with Gasteiger partial charge in [-0.15, -0.1) is 0 Å². The minimum Gasteiger partial charge on any atom is -0.481 e. The Kier molecular flexibility index (Phi) is 7.29. The van der Waals surface area contributed by atoms with Gasteiger partial charge in [0.1, 0.15) is 6.61 Å². The highest BCUT2D eigenvalue weighted by Crippen LogP contribution is 2.44. The van der Waals surface area contributed by atoms with E-state index in [0.29, 0.717) is 25.8 Å². The molecule has 1 atom stereocenters. The average molecular weight is 408 g/mol. The zero-order valence-electron chi connectivity index (χ0n) is 16.5. The third kappa shape index (κ3) is 5.10. The summed E-state index contributed by atoms with van der Waals surface area (Å²) in [4.78, 5) is 26.2. The summed E-state index contributed by atoms with van der Waals surface area (Å²) in [5.74, 6) is -1.73. The van der Waals surface area contributed by atoms with Gasteiger partial charge in [0.05, 0.1) is 5.92 Å². The fraction of sp³-hybridized carbons (Fsp3) is 0.364. The summed E-state index contributed by atoms with van der Waals surface area (Å²) in [7, 11) is 0. The van der Waals surface area contributed by atoms with Gasteiger partial charge in [0.15, 0.2) is 0 Å². The molecule has 30 heavy (non-hydrogen) atoms.